The Morgan fingerprint density at radius 1 is 1.38 bits per heavy atom. The van der Waals surface area contributed by atoms with Crippen molar-refractivity contribution in [3.8, 4) is 0 Å². The lowest BCUT2D eigenvalue weighted by molar-refractivity contribution is 0.438. The monoisotopic (exact) mass is 281 g/mol. The maximum Gasteiger partial charge on any atom is 0.0294 e. The van der Waals surface area contributed by atoms with Gasteiger partial charge in [-0.15, -0.1) is 0 Å². The lowest BCUT2D eigenvalue weighted by atomic mass is 10.1. The minimum absolute atomic E-state index is 0.436. The summed E-state index contributed by atoms with van der Waals surface area (Å²) >= 11 is 3.52. The largest absolute Gasteiger partial charge is 0.308 e. The van der Waals surface area contributed by atoms with E-state index < -0.39 is 0 Å². The zero-order valence-electron chi connectivity index (χ0n) is 10.0. The Balaban J connectivity index is 1.88. The third kappa shape index (κ3) is 3.60. The molecule has 1 fully saturated rings. The minimum atomic E-state index is 0.436. The molecule has 0 radical (unpaired) electrons. The van der Waals surface area contributed by atoms with E-state index in [1.54, 1.807) is 0 Å². The van der Waals surface area contributed by atoms with Gasteiger partial charge < -0.3 is 5.32 Å². The molecule has 0 aromatic heterocycles. The molecule has 0 saturated heterocycles. The third-order valence-corrected chi connectivity index (χ3v) is 3.76. The second-order valence-electron chi connectivity index (χ2n) is 5.02. The van der Waals surface area contributed by atoms with Gasteiger partial charge in [-0.2, -0.15) is 0 Å². The summed E-state index contributed by atoms with van der Waals surface area (Å²) < 4.78 is 1.16. The molecule has 1 saturated carbocycles. The third-order valence-electron chi connectivity index (χ3n) is 3.27. The van der Waals surface area contributed by atoms with Gasteiger partial charge >= 0.3 is 0 Å². The van der Waals surface area contributed by atoms with E-state index in [4.69, 9.17) is 0 Å². The average Bonchev–Trinajstić information content (AvgIpc) is 3.01. The van der Waals surface area contributed by atoms with Crippen LogP contribution < -0.4 is 5.32 Å². The van der Waals surface area contributed by atoms with Crippen LogP contribution in [0.5, 0.6) is 0 Å². The van der Waals surface area contributed by atoms with E-state index in [-0.39, 0.29) is 0 Å². The summed E-state index contributed by atoms with van der Waals surface area (Å²) in [5.74, 6) is 0.997. The molecule has 1 N–H and O–H groups in total. The molecule has 0 spiro atoms. The molecule has 1 aliphatic carbocycles. The zero-order valence-corrected chi connectivity index (χ0v) is 11.6. The SMILES string of the molecule is CC(CC1CC1)NC(C)c1cccc(Br)c1. The van der Waals surface area contributed by atoms with Crippen LogP contribution in [-0.4, -0.2) is 6.04 Å². The van der Waals surface area contributed by atoms with Crippen LogP contribution in [0.4, 0.5) is 0 Å². The summed E-state index contributed by atoms with van der Waals surface area (Å²) in [5, 5.41) is 3.67. The molecule has 1 aliphatic rings. The van der Waals surface area contributed by atoms with Crippen molar-refractivity contribution in [3.05, 3.63) is 34.3 Å². The molecule has 1 nitrogen and oxygen atoms in total. The predicted octanol–water partition coefficient (Wildman–Crippen LogP) is 4.29. The lowest BCUT2D eigenvalue weighted by Crippen LogP contribution is -2.29. The molecule has 1 aromatic rings. The van der Waals surface area contributed by atoms with Gasteiger partial charge in [0.1, 0.15) is 0 Å². The van der Waals surface area contributed by atoms with Gasteiger partial charge in [-0.25, -0.2) is 0 Å². The molecule has 16 heavy (non-hydrogen) atoms. The molecular weight excluding hydrogens is 262 g/mol. The molecule has 0 amide bonds. The quantitative estimate of drug-likeness (QED) is 0.849. The fraction of sp³-hybridized carbons (Fsp3) is 0.571. The van der Waals surface area contributed by atoms with Crippen molar-refractivity contribution >= 4 is 15.9 Å². The number of benzene rings is 1. The highest BCUT2D eigenvalue weighted by Gasteiger charge is 2.24. The van der Waals surface area contributed by atoms with Crippen LogP contribution in [0.25, 0.3) is 0 Å². The van der Waals surface area contributed by atoms with Crippen LogP contribution >= 0.6 is 15.9 Å². The fourth-order valence-electron chi connectivity index (χ4n) is 2.22. The number of hydrogen-bond donors (Lipinski definition) is 1. The summed E-state index contributed by atoms with van der Waals surface area (Å²) in [6.45, 7) is 4.54. The number of nitrogens with one attached hydrogen (secondary N) is 1. The van der Waals surface area contributed by atoms with Crippen LogP contribution in [0.2, 0.25) is 0 Å². The van der Waals surface area contributed by atoms with Crippen molar-refractivity contribution in [1.29, 1.82) is 0 Å². The second-order valence-corrected chi connectivity index (χ2v) is 5.94. The summed E-state index contributed by atoms with van der Waals surface area (Å²) in [6, 6.07) is 9.62. The first-order chi connectivity index (χ1) is 7.65. The zero-order chi connectivity index (χ0) is 11.5. The van der Waals surface area contributed by atoms with Crippen molar-refractivity contribution in [3.63, 3.8) is 0 Å². The van der Waals surface area contributed by atoms with Gasteiger partial charge in [0.05, 0.1) is 0 Å². The Kier molecular flexibility index (Phi) is 4.04. The first kappa shape index (κ1) is 12.1. The number of rotatable bonds is 5. The topological polar surface area (TPSA) is 12.0 Å². The standard InChI is InChI=1S/C14H20BrN/c1-10(8-12-6-7-12)16-11(2)13-4-3-5-14(15)9-13/h3-5,9-12,16H,6-8H2,1-2H3. The molecule has 0 aliphatic heterocycles. The highest BCUT2D eigenvalue weighted by molar-refractivity contribution is 9.10. The van der Waals surface area contributed by atoms with Crippen molar-refractivity contribution in [1.82, 2.24) is 5.32 Å². The van der Waals surface area contributed by atoms with Crippen LogP contribution in [0.3, 0.4) is 0 Å². The maximum absolute atomic E-state index is 3.67. The summed E-state index contributed by atoms with van der Waals surface area (Å²) in [5.41, 5.74) is 1.36. The highest BCUT2D eigenvalue weighted by atomic mass is 79.9. The Morgan fingerprint density at radius 3 is 2.75 bits per heavy atom. The van der Waals surface area contributed by atoms with Crippen molar-refractivity contribution in [2.75, 3.05) is 0 Å². The van der Waals surface area contributed by atoms with Gasteiger partial charge in [-0.1, -0.05) is 40.9 Å². The van der Waals surface area contributed by atoms with Gasteiger partial charge in [-0.3, -0.25) is 0 Å². The average molecular weight is 282 g/mol. The number of halogens is 1. The van der Waals surface area contributed by atoms with E-state index in [0.29, 0.717) is 12.1 Å². The van der Waals surface area contributed by atoms with Crippen molar-refractivity contribution in [2.45, 2.75) is 45.2 Å². The van der Waals surface area contributed by atoms with E-state index in [1.807, 2.05) is 0 Å². The van der Waals surface area contributed by atoms with Gasteiger partial charge in [-0.05, 0) is 43.9 Å². The van der Waals surface area contributed by atoms with Crippen LogP contribution in [0.1, 0.15) is 44.7 Å². The Hall–Kier alpha value is -0.340. The fourth-order valence-corrected chi connectivity index (χ4v) is 2.64. The van der Waals surface area contributed by atoms with Crippen LogP contribution in [0, 0.1) is 5.92 Å². The Bertz CT molecular complexity index is 346. The Labute approximate surface area is 107 Å². The lowest BCUT2D eigenvalue weighted by Gasteiger charge is -2.20. The minimum Gasteiger partial charge on any atom is -0.308 e. The molecule has 88 valence electrons. The van der Waals surface area contributed by atoms with Gasteiger partial charge in [0, 0.05) is 16.6 Å². The smallest absolute Gasteiger partial charge is 0.0294 e. The van der Waals surface area contributed by atoms with E-state index in [2.05, 4.69) is 59.4 Å². The van der Waals surface area contributed by atoms with Crippen LogP contribution in [0.15, 0.2) is 28.7 Å². The second kappa shape index (κ2) is 5.33. The first-order valence-corrected chi connectivity index (χ1v) is 6.96. The molecule has 0 heterocycles. The number of hydrogen-bond acceptors (Lipinski definition) is 1. The Morgan fingerprint density at radius 2 is 2.12 bits per heavy atom. The molecule has 1 aromatic carbocycles. The first-order valence-electron chi connectivity index (χ1n) is 6.16. The molecule has 2 rings (SSSR count). The van der Waals surface area contributed by atoms with Crippen molar-refractivity contribution < 1.29 is 0 Å². The van der Waals surface area contributed by atoms with E-state index in [1.165, 1.54) is 24.8 Å². The van der Waals surface area contributed by atoms with E-state index >= 15 is 0 Å². The van der Waals surface area contributed by atoms with Gasteiger partial charge in [0.25, 0.3) is 0 Å². The van der Waals surface area contributed by atoms with Crippen LogP contribution in [-0.2, 0) is 0 Å². The predicted molar refractivity (Wildman–Crippen MR) is 72.5 cm³/mol. The molecule has 2 unspecified atom stereocenters. The summed E-state index contributed by atoms with van der Waals surface area (Å²) in [7, 11) is 0. The molecule has 2 atom stereocenters. The van der Waals surface area contributed by atoms with Gasteiger partial charge in [0.15, 0.2) is 0 Å². The molecular formula is C14H20BrN. The maximum atomic E-state index is 3.67. The highest BCUT2D eigenvalue weighted by Crippen LogP contribution is 2.33. The van der Waals surface area contributed by atoms with E-state index in [0.717, 1.165) is 10.4 Å². The van der Waals surface area contributed by atoms with Gasteiger partial charge in [0.2, 0.25) is 0 Å². The van der Waals surface area contributed by atoms with Crippen molar-refractivity contribution in [2.24, 2.45) is 5.92 Å². The normalized spacial score (nSPS) is 19.4. The summed E-state index contributed by atoms with van der Waals surface area (Å²) in [4.78, 5) is 0. The van der Waals surface area contributed by atoms with E-state index in [9.17, 15) is 0 Å². The summed E-state index contributed by atoms with van der Waals surface area (Å²) in [6.07, 6.45) is 4.22. The molecule has 2 heteroatoms. The molecule has 0 bridgehead atoms.